The van der Waals surface area contributed by atoms with Crippen molar-refractivity contribution in [2.45, 2.75) is 19.4 Å². The van der Waals surface area contributed by atoms with Crippen molar-refractivity contribution < 1.29 is 13.6 Å². The molecule has 2 aromatic rings. The Balaban J connectivity index is 1.77. The van der Waals surface area contributed by atoms with Gasteiger partial charge in [-0.1, -0.05) is 0 Å². The highest BCUT2D eigenvalue weighted by molar-refractivity contribution is 5.94. The topological polar surface area (TPSA) is 78.1 Å². The number of halogens is 1. The summed E-state index contributed by atoms with van der Waals surface area (Å²) in [6.07, 6.45) is 0.921. The third-order valence-electron chi connectivity index (χ3n) is 3.31. The van der Waals surface area contributed by atoms with Crippen LogP contribution in [0.1, 0.15) is 23.5 Å². The number of nitrogens with one attached hydrogen (secondary N) is 2. The first-order chi connectivity index (χ1) is 10.2. The number of furan rings is 1. The molecule has 6 heteroatoms. The van der Waals surface area contributed by atoms with Gasteiger partial charge >= 0.3 is 0 Å². The average molecular weight is 285 g/mol. The Labute approximate surface area is 120 Å². The number of fused-ring (bicyclic) bond motifs is 1. The Hall–Kier alpha value is -2.81. The number of carbonyl (C=O) groups excluding carboxylic acids is 1. The lowest BCUT2D eigenvalue weighted by molar-refractivity contribution is -0.116. The molecule has 1 aliphatic rings. The highest BCUT2D eigenvalue weighted by Gasteiger charge is 2.17. The molecule has 0 spiro atoms. The quantitative estimate of drug-likeness (QED) is 0.909. The molecule has 0 fully saturated rings. The summed E-state index contributed by atoms with van der Waals surface area (Å²) in [4.78, 5) is 11.4. The molecule has 106 valence electrons. The van der Waals surface area contributed by atoms with Crippen molar-refractivity contribution in [1.29, 1.82) is 5.26 Å². The smallest absolute Gasteiger partial charge is 0.224 e. The predicted octanol–water partition coefficient (Wildman–Crippen LogP) is 2.79. The first kappa shape index (κ1) is 13.2. The molecular weight excluding hydrogens is 273 g/mol. The summed E-state index contributed by atoms with van der Waals surface area (Å²) >= 11 is 0. The van der Waals surface area contributed by atoms with Crippen molar-refractivity contribution in [2.24, 2.45) is 0 Å². The molecular formula is C15H12FN3O2. The molecule has 0 unspecified atom stereocenters. The first-order valence-electron chi connectivity index (χ1n) is 6.50. The molecule has 21 heavy (non-hydrogen) atoms. The lowest BCUT2D eigenvalue weighted by atomic mass is 10.0. The number of carbonyl (C=O) groups is 1. The van der Waals surface area contributed by atoms with E-state index >= 15 is 0 Å². The number of amides is 1. The molecule has 1 aliphatic heterocycles. The number of hydrogen-bond donors (Lipinski definition) is 2. The summed E-state index contributed by atoms with van der Waals surface area (Å²) in [5.74, 6) is 0.305. The van der Waals surface area contributed by atoms with Crippen LogP contribution in [-0.2, 0) is 17.8 Å². The molecule has 5 nitrogen and oxygen atoms in total. The minimum atomic E-state index is -0.378. The SMILES string of the molecule is N#Cc1ccc(CNc2cc3c(cc2F)CCC(=O)N3)o1. The third-order valence-corrected chi connectivity index (χ3v) is 3.31. The molecule has 0 atom stereocenters. The fourth-order valence-corrected chi connectivity index (χ4v) is 2.25. The second-order valence-electron chi connectivity index (χ2n) is 4.77. The lowest BCUT2D eigenvalue weighted by Crippen LogP contribution is -2.19. The average Bonchev–Trinajstić information content (AvgIpc) is 2.93. The number of hydrogen-bond acceptors (Lipinski definition) is 4. The summed E-state index contributed by atoms with van der Waals surface area (Å²) in [5, 5.41) is 14.3. The number of aryl methyl sites for hydroxylation is 1. The second kappa shape index (κ2) is 5.29. The summed E-state index contributed by atoms with van der Waals surface area (Å²) in [7, 11) is 0. The maximum Gasteiger partial charge on any atom is 0.224 e. The van der Waals surface area contributed by atoms with Crippen molar-refractivity contribution in [1.82, 2.24) is 0 Å². The van der Waals surface area contributed by atoms with Gasteiger partial charge in [-0.2, -0.15) is 5.26 Å². The van der Waals surface area contributed by atoms with Crippen LogP contribution in [0.25, 0.3) is 0 Å². The molecule has 2 heterocycles. The fourth-order valence-electron chi connectivity index (χ4n) is 2.25. The monoisotopic (exact) mass is 285 g/mol. The molecule has 0 radical (unpaired) electrons. The summed E-state index contributed by atoms with van der Waals surface area (Å²) in [6.45, 7) is 0.255. The van der Waals surface area contributed by atoms with Gasteiger partial charge in [0.25, 0.3) is 0 Å². The van der Waals surface area contributed by atoms with E-state index in [1.165, 1.54) is 6.07 Å². The van der Waals surface area contributed by atoms with Crippen molar-refractivity contribution >= 4 is 17.3 Å². The zero-order chi connectivity index (χ0) is 14.8. The van der Waals surface area contributed by atoms with Crippen LogP contribution in [0, 0.1) is 17.1 Å². The largest absolute Gasteiger partial charge is 0.449 e. The molecule has 1 aromatic carbocycles. The highest BCUT2D eigenvalue weighted by Crippen LogP contribution is 2.28. The van der Waals surface area contributed by atoms with E-state index in [-0.39, 0.29) is 29.7 Å². The van der Waals surface area contributed by atoms with Crippen LogP contribution in [-0.4, -0.2) is 5.91 Å². The fraction of sp³-hybridized carbons (Fsp3) is 0.200. The standard InChI is InChI=1S/C15H12FN3O2/c16-12-5-9-1-4-15(20)19-13(9)6-14(12)18-8-11-3-2-10(7-17)21-11/h2-3,5-6,18H,1,4,8H2,(H,19,20). The van der Waals surface area contributed by atoms with Crippen molar-refractivity contribution in [3.63, 3.8) is 0 Å². The molecule has 3 rings (SSSR count). The van der Waals surface area contributed by atoms with E-state index in [2.05, 4.69) is 10.6 Å². The van der Waals surface area contributed by atoms with E-state index in [9.17, 15) is 9.18 Å². The maximum atomic E-state index is 14.0. The first-order valence-corrected chi connectivity index (χ1v) is 6.50. The van der Waals surface area contributed by atoms with Gasteiger partial charge < -0.3 is 15.1 Å². The van der Waals surface area contributed by atoms with Crippen LogP contribution in [0.3, 0.4) is 0 Å². The van der Waals surface area contributed by atoms with E-state index in [1.807, 2.05) is 6.07 Å². The molecule has 2 N–H and O–H groups in total. The molecule has 1 amide bonds. The Kier molecular flexibility index (Phi) is 3.32. The van der Waals surface area contributed by atoms with Gasteiger partial charge in [-0.05, 0) is 36.2 Å². The number of anilines is 2. The van der Waals surface area contributed by atoms with E-state index < -0.39 is 0 Å². The van der Waals surface area contributed by atoms with Crippen molar-refractivity contribution in [3.05, 3.63) is 47.2 Å². The molecule has 0 saturated carbocycles. The van der Waals surface area contributed by atoms with Crippen LogP contribution >= 0.6 is 0 Å². The summed E-state index contributed by atoms with van der Waals surface area (Å²) in [5.41, 5.74) is 1.71. The highest BCUT2D eigenvalue weighted by atomic mass is 19.1. The zero-order valence-electron chi connectivity index (χ0n) is 11.1. The van der Waals surface area contributed by atoms with Gasteiger partial charge in [-0.3, -0.25) is 4.79 Å². The van der Waals surface area contributed by atoms with E-state index in [0.29, 0.717) is 24.3 Å². The van der Waals surface area contributed by atoms with Gasteiger partial charge in [-0.25, -0.2) is 4.39 Å². The molecule has 0 bridgehead atoms. The Morgan fingerprint density at radius 2 is 2.24 bits per heavy atom. The summed E-state index contributed by atoms with van der Waals surface area (Å²) < 4.78 is 19.2. The van der Waals surface area contributed by atoms with Gasteiger partial charge in [-0.15, -0.1) is 0 Å². The maximum absolute atomic E-state index is 14.0. The van der Waals surface area contributed by atoms with Crippen LogP contribution < -0.4 is 10.6 Å². The van der Waals surface area contributed by atoms with Crippen molar-refractivity contribution in [2.75, 3.05) is 10.6 Å². The minimum Gasteiger partial charge on any atom is -0.449 e. The van der Waals surface area contributed by atoms with Gasteiger partial charge in [0.05, 0.1) is 12.2 Å². The van der Waals surface area contributed by atoms with E-state index in [0.717, 1.165) is 5.56 Å². The Morgan fingerprint density at radius 1 is 1.38 bits per heavy atom. The molecule has 0 saturated heterocycles. The van der Waals surface area contributed by atoms with Gasteiger partial charge in [0.1, 0.15) is 17.6 Å². The number of benzene rings is 1. The summed E-state index contributed by atoms with van der Waals surface area (Å²) in [6, 6.07) is 8.11. The number of nitriles is 1. The van der Waals surface area contributed by atoms with E-state index in [1.54, 1.807) is 18.2 Å². The van der Waals surface area contributed by atoms with Crippen LogP contribution in [0.2, 0.25) is 0 Å². The molecule has 0 aliphatic carbocycles. The number of rotatable bonds is 3. The third kappa shape index (κ3) is 2.72. The number of nitrogens with zero attached hydrogens (tertiary/aromatic N) is 1. The van der Waals surface area contributed by atoms with Gasteiger partial charge in [0, 0.05) is 12.1 Å². The Morgan fingerprint density at radius 3 is 3.00 bits per heavy atom. The lowest BCUT2D eigenvalue weighted by Gasteiger charge is -2.18. The van der Waals surface area contributed by atoms with Crippen LogP contribution in [0.4, 0.5) is 15.8 Å². The van der Waals surface area contributed by atoms with Gasteiger partial charge in [0.2, 0.25) is 11.7 Å². The van der Waals surface area contributed by atoms with Crippen LogP contribution in [0.15, 0.2) is 28.7 Å². The normalized spacial score (nSPS) is 13.2. The Bertz CT molecular complexity index is 746. The second-order valence-corrected chi connectivity index (χ2v) is 4.77. The zero-order valence-corrected chi connectivity index (χ0v) is 11.1. The van der Waals surface area contributed by atoms with Crippen LogP contribution in [0.5, 0.6) is 0 Å². The molecule has 1 aromatic heterocycles. The predicted molar refractivity (Wildman–Crippen MR) is 74.1 cm³/mol. The van der Waals surface area contributed by atoms with E-state index in [4.69, 9.17) is 9.68 Å². The minimum absolute atomic E-state index is 0.0650. The van der Waals surface area contributed by atoms with Gasteiger partial charge in [0.15, 0.2) is 0 Å². The van der Waals surface area contributed by atoms with Crippen molar-refractivity contribution in [3.8, 4) is 6.07 Å².